The first-order chi connectivity index (χ1) is 11.8. The maximum absolute atomic E-state index is 11.8. The zero-order valence-electron chi connectivity index (χ0n) is 16.4. The molecule has 1 aromatic carbocycles. The molecule has 1 rings (SSSR count). The zero-order valence-corrected chi connectivity index (χ0v) is 18.7. The highest BCUT2D eigenvalue weighted by atomic mass is 127. The van der Waals surface area contributed by atoms with Gasteiger partial charge in [-0.15, -0.1) is 24.0 Å². The third-order valence-corrected chi connectivity index (χ3v) is 3.70. The van der Waals surface area contributed by atoms with Crippen molar-refractivity contribution >= 4 is 35.8 Å². The molecule has 1 amide bonds. The predicted octanol–water partition coefficient (Wildman–Crippen LogP) is 2.02. The summed E-state index contributed by atoms with van der Waals surface area (Å²) in [5.74, 6) is 2.10. The largest absolute Gasteiger partial charge is 0.497 e. The first-order valence-corrected chi connectivity index (χ1v) is 8.29. The Kier molecular flexibility index (Phi) is 11.0. The van der Waals surface area contributed by atoms with Gasteiger partial charge in [-0.3, -0.25) is 9.79 Å². The van der Waals surface area contributed by atoms with E-state index < -0.39 is 5.41 Å². The van der Waals surface area contributed by atoms with Gasteiger partial charge in [0.1, 0.15) is 17.6 Å². The van der Waals surface area contributed by atoms with Gasteiger partial charge in [-0.1, -0.05) is 6.07 Å². The van der Waals surface area contributed by atoms with Gasteiger partial charge >= 0.3 is 0 Å². The summed E-state index contributed by atoms with van der Waals surface area (Å²) in [5.41, 5.74) is -0.533. The number of hydrogen-bond donors (Lipinski definition) is 3. The summed E-state index contributed by atoms with van der Waals surface area (Å²) in [6, 6.07) is 7.48. The second-order valence-corrected chi connectivity index (χ2v) is 6.38. The molecule has 148 valence electrons. The van der Waals surface area contributed by atoms with E-state index in [1.165, 1.54) is 0 Å². The maximum atomic E-state index is 11.8. The first kappa shape index (κ1) is 24.3. The number of aliphatic imine (C=N–C) groups is 1. The second-order valence-electron chi connectivity index (χ2n) is 6.38. The Morgan fingerprint density at radius 3 is 2.50 bits per heavy atom. The minimum atomic E-state index is -0.533. The normalized spacial score (nSPS) is 12.5. The van der Waals surface area contributed by atoms with E-state index in [2.05, 4.69) is 20.9 Å². The summed E-state index contributed by atoms with van der Waals surface area (Å²) in [4.78, 5) is 16.0. The molecule has 0 saturated carbocycles. The minimum Gasteiger partial charge on any atom is -0.497 e. The van der Waals surface area contributed by atoms with Gasteiger partial charge in [0.05, 0.1) is 19.1 Å². The van der Waals surface area contributed by atoms with Gasteiger partial charge in [-0.2, -0.15) is 0 Å². The van der Waals surface area contributed by atoms with Gasteiger partial charge in [0.25, 0.3) is 0 Å². The molecule has 3 N–H and O–H groups in total. The summed E-state index contributed by atoms with van der Waals surface area (Å²) in [6.07, 6.45) is -0.0717. The van der Waals surface area contributed by atoms with Crippen LogP contribution in [0.5, 0.6) is 11.5 Å². The van der Waals surface area contributed by atoms with Crippen LogP contribution in [0.1, 0.15) is 20.8 Å². The van der Waals surface area contributed by atoms with Crippen molar-refractivity contribution in [1.82, 2.24) is 16.0 Å². The van der Waals surface area contributed by atoms with Crippen LogP contribution in [0.2, 0.25) is 0 Å². The van der Waals surface area contributed by atoms with E-state index in [1.807, 2.05) is 45.0 Å². The Hall–Kier alpha value is -1.71. The molecule has 0 bridgehead atoms. The lowest BCUT2D eigenvalue weighted by atomic mass is 9.92. The molecule has 7 nitrogen and oxygen atoms in total. The first-order valence-electron chi connectivity index (χ1n) is 8.29. The van der Waals surface area contributed by atoms with Crippen LogP contribution >= 0.6 is 24.0 Å². The lowest BCUT2D eigenvalue weighted by Crippen LogP contribution is -2.48. The van der Waals surface area contributed by atoms with Crippen LogP contribution in [0.25, 0.3) is 0 Å². The van der Waals surface area contributed by atoms with E-state index in [-0.39, 0.29) is 36.0 Å². The average molecular weight is 478 g/mol. The molecule has 0 spiro atoms. The summed E-state index contributed by atoms with van der Waals surface area (Å²) >= 11 is 0. The van der Waals surface area contributed by atoms with Gasteiger partial charge in [0.15, 0.2) is 5.96 Å². The number of nitrogens with one attached hydrogen (secondary N) is 3. The molecule has 0 fully saturated rings. The highest BCUT2D eigenvalue weighted by Crippen LogP contribution is 2.19. The van der Waals surface area contributed by atoms with E-state index in [9.17, 15) is 4.79 Å². The van der Waals surface area contributed by atoms with E-state index in [4.69, 9.17) is 9.47 Å². The molecule has 0 aliphatic rings. The molecule has 0 aliphatic carbocycles. The summed E-state index contributed by atoms with van der Waals surface area (Å²) < 4.78 is 11.1. The highest BCUT2D eigenvalue weighted by molar-refractivity contribution is 14.0. The van der Waals surface area contributed by atoms with Crippen LogP contribution in [-0.2, 0) is 4.79 Å². The van der Waals surface area contributed by atoms with Crippen molar-refractivity contribution in [3.05, 3.63) is 24.3 Å². The molecule has 0 radical (unpaired) electrons. The fourth-order valence-electron chi connectivity index (χ4n) is 2.13. The topological polar surface area (TPSA) is 84.0 Å². The van der Waals surface area contributed by atoms with Crippen LogP contribution in [0.4, 0.5) is 0 Å². The summed E-state index contributed by atoms with van der Waals surface area (Å²) in [6.45, 7) is 6.75. The molecule has 0 heterocycles. The lowest BCUT2D eigenvalue weighted by Gasteiger charge is -2.24. The van der Waals surface area contributed by atoms with Crippen LogP contribution in [0, 0.1) is 5.41 Å². The van der Waals surface area contributed by atoms with E-state index in [1.54, 1.807) is 21.2 Å². The molecule has 26 heavy (non-hydrogen) atoms. The molecular formula is C18H31IN4O3. The number of ether oxygens (including phenoxy) is 2. The Labute approximate surface area is 173 Å². The van der Waals surface area contributed by atoms with E-state index in [0.29, 0.717) is 19.0 Å². The van der Waals surface area contributed by atoms with Crippen LogP contribution < -0.4 is 25.4 Å². The molecule has 1 unspecified atom stereocenters. The summed E-state index contributed by atoms with van der Waals surface area (Å²) in [7, 11) is 4.95. The van der Waals surface area contributed by atoms with Gasteiger partial charge in [-0.05, 0) is 32.9 Å². The number of guanidine groups is 1. The molecule has 0 aromatic heterocycles. The monoisotopic (exact) mass is 478 g/mol. The number of halogens is 1. The molecule has 0 aliphatic heterocycles. The van der Waals surface area contributed by atoms with Crippen LogP contribution in [-0.4, -0.2) is 52.3 Å². The minimum absolute atomic E-state index is 0. The number of methoxy groups -OCH3 is 1. The third kappa shape index (κ3) is 8.11. The fourth-order valence-corrected chi connectivity index (χ4v) is 2.13. The molecule has 1 atom stereocenters. The van der Waals surface area contributed by atoms with Crippen molar-refractivity contribution in [1.29, 1.82) is 0 Å². The number of benzene rings is 1. The molecular weight excluding hydrogens is 447 g/mol. The summed E-state index contributed by atoms with van der Waals surface area (Å²) in [5, 5.41) is 9.03. The van der Waals surface area contributed by atoms with Gasteiger partial charge in [0.2, 0.25) is 5.91 Å². The van der Waals surface area contributed by atoms with Crippen molar-refractivity contribution in [2.75, 3.05) is 34.3 Å². The number of carbonyl (C=O) groups is 1. The van der Waals surface area contributed by atoms with Crippen molar-refractivity contribution in [3.63, 3.8) is 0 Å². The predicted molar refractivity (Wildman–Crippen MR) is 116 cm³/mol. The second kappa shape index (κ2) is 11.8. The zero-order chi connectivity index (χ0) is 18.9. The van der Waals surface area contributed by atoms with E-state index in [0.717, 1.165) is 11.5 Å². The quantitative estimate of drug-likeness (QED) is 0.303. The Morgan fingerprint density at radius 2 is 1.92 bits per heavy atom. The van der Waals surface area contributed by atoms with Gasteiger partial charge in [-0.25, -0.2) is 0 Å². The smallest absolute Gasteiger partial charge is 0.227 e. The van der Waals surface area contributed by atoms with Crippen LogP contribution in [0.3, 0.4) is 0 Å². The Bertz CT molecular complexity index is 594. The average Bonchev–Trinajstić information content (AvgIpc) is 2.61. The Morgan fingerprint density at radius 1 is 1.27 bits per heavy atom. The van der Waals surface area contributed by atoms with Crippen LogP contribution in [0.15, 0.2) is 29.3 Å². The van der Waals surface area contributed by atoms with Gasteiger partial charge < -0.3 is 25.4 Å². The van der Waals surface area contributed by atoms with Crippen molar-refractivity contribution in [2.24, 2.45) is 10.4 Å². The van der Waals surface area contributed by atoms with Crippen molar-refractivity contribution < 1.29 is 14.3 Å². The number of amides is 1. The number of hydrogen-bond acceptors (Lipinski definition) is 4. The highest BCUT2D eigenvalue weighted by Gasteiger charge is 2.26. The third-order valence-electron chi connectivity index (χ3n) is 3.70. The molecule has 8 heteroatoms. The molecule has 0 saturated heterocycles. The van der Waals surface area contributed by atoms with E-state index >= 15 is 0 Å². The SMILES string of the molecule is CN=C(NCC(C)Oc1cccc(OC)c1)NCC(C)(C)C(=O)NC.I. The lowest BCUT2D eigenvalue weighted by molar-refractivity contribution is -0.128. The van der Waals surface area contributed by atoms with Gasteiger partial charge in [0, 0.05) is 26.7 Å². The Balaban J connectivity index is 0.00000625. The number of carbonyl (C=O) groups excluding carboxylic acids is 1. The fraction of sp³-hybridized carbons (Fsp3) is 0.556. The number of nitrogens with zero attached hydrogens (tertiary/aromatic N) is 1. The number of rotatable bonds is 8. The molecule has 1 aromatic rings. The standard InChI is InChI=1S/C18H30N4O3.HI/c1-13(25-15-9-7-8-14(10-15)24-6)11-21-17(20-5)22-12-18(2,3)16(23)19-4;/h7-10,13H,11-12H2,1-6H3,(H,19,23)(H2,20,21,22);1H. The maximum Gasteiger partial charge on any atom is 0.227 e. The van der Waals surface area contributed by atoms with Crippen molar-refractivity contribution in [2.45, 2.75) is 26.9 Å². The van der Waals surface area contributed by atoms with Crippen molar-refractivity contribution in [3.8, 4) is 11.5 Å².